The average molecular weight is 332 g/mol. The highest BCUT2D eigenvalue weighted by Crippen LogP contribution is 2.65. The van der Waals surface area contributed by atoms with Crippen LogP contribution in [0.5, 0.6) is 0 Å². The van der Waals surface area contributed by atoms with Crippen LogP contribution in [0.15, 0.2) is 5.16 Å². The van der Waals surface area contributed by atoms with Gasteiger partial charge in [0.15, 0.2) is 0 Å². The van der Waals surface area contributed by atoms with E-state index in [9.17, 15) is 4.79 Å². The van der Waals surface area contributed by atoms with Crippen molar-refractivity contribution in [2.75, 3.05) is 7.05 Å². The van der Waals surface area contributed by atoms with Crippen LogP contribution in [0.25, 0.3) is 0 Å². The molecule has 134 valence electrons. The zero-order valence-electron chi connectivity index (χ0n) is 15.4. The molecule has 4 heteroatoms. The van der Waals surface area contributed by atoms with E-state index in [-0.39, 0.29) is 0 Å². The molecule has 0 bridgehead atoms. The van der Waals surface area contributed by atoms with Crippen molar-refractivity contribution in [2.24, 2.45) is 39.7 Å². The van der Waals surface area contributed by atoms with E-state index in [4.69, 9.17) is 5.21 Å². The van der Waals surface area contributed by atoms with E-state index < -0.39 is 0 Å². The SMILES string of the molecule is CN1C(=O)CCC2(C)C3CCC4(C)C(/C=N/O)CCC4C3CCC12. The number of piperidine rings is 1. The summed E-state index contributed by atoms with van der Waals surface area (Å²) < 4.78 is 0. The van der Waals surface area contributed by atoms with Gasteiger partial charge in [0, 0.05) is 31.6 Å². The van der Waals surface area contributed by atoms with Crippen LogP contribution in [0, 0.1) is 34.5 Å². The number of likely N-dealkylation sites (tertiary alicyclic amines) is 1. The van der Waals surface area contributed by atoms with Gasteiger partial charge in [-0.1, -0.05) is 13.8 Å². The zero-order valence-corrected chi connectivity index (χ0v) is 15.4. The Hall–Kier alpha value is -1.06. The zero-order chi connectivity index (χ0) is 17.1. The van der Waals surface area contributed by atoms with Gasteiger partial charge >= 0.3 is 0 Å². The third-order valence-electron chi connectivity index (χ3n) is 8.88. The molecule has 0 aromatic heterocycles. The van der Waals surface area contributed by atoms with Crippen molar-refractivity contribution in [3.63, 3.8) is 0 Å². The van der Waals surface area contributed by atoms with Crippen LogP contribution in [-0.4, -0.2) is 35.3 Å². The molecule has 0 radical (unpaired) electrons. The fourth-order valence-corrected chi connectivity index (χ4v) is 7.52. The molecular weight excluding hydrogens is 300 g/mol. The molecule has 0 aromatic carbocycles. The van der Waals surface area contributed by atoms with Crippen LogP contribution >= 0.6 is 0 Å². The molecule has 4 aliphatic rings. The minimum atomic E-state index is 0.302. The van der Waals surface area contributed by atoms with Crippen LogP contribution in [0.3, 0.4) is 0 Å². The van der Waals surface area contributed by atoms with E-state index in [0.717, 1.165) is 30.6 Å². The van der Waals surface area contributed by atoms with Gasteiger partial charge in [0.05, 0.1) is 0 Å². The third kappa shape index (κ3) is 2.04. The van der Waals surface area contributed by atoms with Crippen molar-refractivity contribution < 1.29 is 10.0 Å². The summed E-state index contributed by atoms with van der Waals surface area (Å²) in [4.78, 5) is 14.3. The fraction of sp³-hybridized carbons (Fsp3) is 0.900. The fourth-order valence-electron chi connectivity index (χ4n) is 7.52. The van der Waals surface area contributed by atoms with Gasteiger partial charge in [0.2, 0.25) is 5.91 Å². The normalized spacial score (nSPS) is 51.4. The van der Waals surface area contributed by atoms with Gasteiger partial charge < -0.3 is 10.1 Å². The Morgan fingerprint density at radius 2 is 1.83 bits per heavy atom. The monoisotopic (exact) mass is 332 g/mol. The van der Waals surface area contributed by atoms with Crippen molar-refractivity contribution in [3.05, 3.63) is 0 Å². The summed E-state index contributed by atoms with van der Waals surface area (Å²) in [6.45, 7) is 4.92. The lowest BCUT2D eigenvalue weighted by atomic mass is 9.47. The minimum Gasteiger partial charge on any atom is -0.411 e. The number of nitrogens with zero attached hydrogens (tertiary/aromatic N) is 2. The molecule has 1 N–H and O–H groups in total. The lowest BCUT2D eigenvalue weighted by molar-refractivity contribution is -0.157. The number of oxime groups is 1. The molecule has 7 atom stereocenters. The number of hydrogen-bond donors (Lipinski definition) is 1. The van der Waals surface area contributed by atoms with Crippen LogP contribution in [-0.2, 0) is 4.79 Å². The van der Waals surface area contributed by atoms with Gasteiger partial charge in [-0.15, -0.1) is 5.16 Å². The topological polar surface area (TPSA) is 52.9 Å². The summed E-state index contributed by atoms with van der Waals surface area (Å²) in [6, 6.07) is 0.445. The minimum absolute atomic E-state index is 0.302. The maximum Gasteiger partial charge on any atom is 0.222 e. The Balaban J connectivity index is 1.63. The highest BCUT2D eigenvalue weighted by atomic mass is 16.4. The Labute approximate surface area is 145 Å². The lowest BCUT2D eigenvalue weighted by Crippen LogP contribution is -2.61. The maximum atomic E-state index is 12.2. The molecular formula is C20H32N2O2. The van der Waals surface area contributed by atoms with E-state index in [0.29, 0.717) is 28.7 Å². The quantitative estimate of drug-likeness (QED) is 0.449. The number of hydrogen-bond acceptors (Lipinski definition) is 3. The number of carbonyl (C=O) groups excluding carboxylic acids is 1. The highest BCUT2D eigenvalue weighted by Gasteiger charge is 2.60. The second-order valence-electron chi connectivity index (χ2n) is 9.47. The number of rotatable bonds is 1. The molecule has 0 spiro atoms. The first kappa shape index (κ1) is 16.4. The number of carbonyl (C=O) groups is 1. The van der Waals surface area contributed by atoms with Crippen LogP contribution in [0.4, 0.5) is 0 Å². The van der Waals surface area contributed by atoms with Gasteiger partial charge in [-0.05, 0) is 73.5 Å². The maximum absolute atomic E-state index is 12.2. The van der Waals surface area contributed by atoms with Gasteiger partial charge in [-0.2, -0.15) is 0 Å². The van der Waals surface area contributed by atoms with E-state index in [1.807, 2.05) is 7.05 Å². The summed E-state index contributed by atoms with van der Waals surface area (Å²) >= 11 is 0. The average Bonchev–Trinajstić information content (AvgIpc) is 2.89. The molecule has 7 unspecified atom stereocenters. The standard InChI is InChI=1S/C20H32N2O2/c1-19-10-8-16-14(15(19)6-4-13(19)12-21-24)5-7-17-20(16,2)11-9-18(23)22(17)3/h12-17,24H,4-11H2,1-3H3/b21-12+. The van der Waals surface area contributed by atoms with Gasteiger partial charge in [-0.25, -0.2) is 0 Å². The van der Waals surface area contributed by atoms with E-state index in [1.54, 1.807) is 6.21 Å². The summed E-state index contributed by atoms with van der Waals surface area (Å²) in [5.41, 5.74) is 0.614. The van der Waals surface area contributed by atoms with Crippen LogP contribution in [0.2, 0.25) is 0 Å². The van der Waals surface area contributed by atoms with E-state index in [2.05, 4.69) is 23.9 Å². The van der Waals surface area contributed by atoms with Crippen molar-refractivity contribution in [3.8, 4) is 0 Å². The smallest absolute Gasteiger partial charge is 0.222 e. The molecule has 3 saturated carbocycles. The Morgan fingerprint density at radius 3 is 2.58 bits per heavy atom. The van der Waals surface area contributed by atoms with Crippen molar-refractivity contribution in [1.82, 2.24) is 4.90 Å². The molecule has 1 saturated heterocycles. The van der Waals surface area contributed by atoms with E-state index in [1.165, 1.54) is 38.5 Å². The molecule has 24 heavy (non-hydrogen) atoms. The predicted octanol–water partition coefficient (Wildman–Crippen LogP) is 3.93. The van der Waals surface area contributed by atoms with Gasteiger partial charge in [0.25, 0.3) is 0 Å². The molecule has 1 amide bonds. The molecule has 3 aliphatic carbocycles. The largest absolute Gasteiger partial charge is 0.411 e. The lowest BCUT2D eigenvalue weighted by Gasteiger charge is -2.61. The highest BCUT2D eigenvalue weighted by molar-refractivity contribution is 5.77. The first-order chi connectivity index (χ1) is 11.4. The predicted molar refractivity (Wildman–Crippen MR) is 93.9 cm³/mol. The first-order valence-electron chi connectivity index (χ1n) is 9.85. The first-order valence-corrected chi connectivity index (χ1v) is 9.85. The number of amides is 1. The Morgan fingerprint density at radius 1 is 1.08 bits per heavy atom. The van der Waals surface area contributed by atoms with Crippen LogP contribution < -0.4 is 0 Å². The molecule has 4 rings (SSSR count). The molecule has 4 fully saturated rings. The molecule has 0 aromatic rings. The molecule has 4 nitrogen and oxygen atoms in total. The third-order valence-corrected chi connectivity index (χ3v) is 8.88. The summed E-state index contributed by atoms with van der Waals surface area (Å²) in [5.74, 6) is 3.10. The number of fused-ring (bicyclic) bond motifs is 5. The molecule has 1 heterocycles. The second-order valence-corrected chi connectivity index (χ2v) is 9.47. The summed E-state index contributed by atoms with van der Waals surface area (Å²) in [6.07, 6.45) is 11.0. The second kappa shape index (κ2) is 5.47. The van der Waals surface area contributed by atoms with Crippen molar-refractivity contribution in [2.45, 2.75) is 71.3 Å². The Kier molecular flexibility index (Phi) is 3.74. The summed E-state index contributed by atoms with van der Waals surface area (Å²) in [7, 11) is 2.03. The van der Waals surface area contributed by atoms with Gasteiger partial charge in [0.1, 0.15) is 0 Å². The van der Waals surface area contributed by atoms with E-state index >= 15 is 0 Å². The van der Waals surface area contributed by atoms with Crippen molar-refractivity contribution in [1.29, 1.82) is 0 Å². The molecule has 1 aliphatic heterocycles. The van der Waals surface area contributed by atoms with Gasteiger partial charge in [-0.3, -0.25) is 4.79 Å². The summed E-state index contributed by atoms with van der Waals surface area (Å²) in [5, 5.41) is 12.4. The van der Waals surface area contributed by atoms with Crippen LogP contribution in [0.1, 0.15) is 65.2 Å². The Bertz CT molecular complexity index is 562. The van der Waals surface area contributed by atoms with Crippen molar-refractivity contribution >= 4 is 12.1 Å².